The summed E-state index contributed by atoms with van der Waals surface area (Å²) in [6.45, 7) is 2.26. The fraction of sp³-hybridized carbons (Fsp3) is 0.0455. The predicted molar refractivity (Wildman–Crippen MR) is 203 cm³/mol. The van der Waals surface area contributed by atoms with Crippen LogP contribution in [0, 0.1) is 0 Å². The van der Waals surface area contributed by atoms with Gasteiger partial charge in [0, 0.05) is 58.7 Å². The van der Waals surface area contributed by atoms with Crippen molar-refractivity contribution in [3.8, 4) is 22.5 Å². The Balaban J connectivity index is 1.32. The van der Waals surface area contributed by atoms with E-state index in [1.54, 1.807) is 0 Å². The maximum Gasteiger partial charge on any atom is 0.0541 e. The van der Waals surface area contributed by atoms with Crippen LogP contribution < -0.4 is 0 Å². The Labute approximate surface area is 276 Å². The zero-order valence-corrected chi connectivity index (χ0v) is 26.8. The summed E-state index contributed by atoms with van der Waals surface area (Å²) in [5.41, 5.74) is 11.3. The van der Waals surface area contributed by atoms with Crippen LogP contribution in [-0.2, 0) is 6.42 Å². The number of hydrogen-bond acceptors (Lipinski definition) is 1. The molecule has 3 heterocycles. The van der Waals surface area contributed by atoms with E-state index in [1.807, 2.05) is 11.3 Å². The summed E-state index contributed by atoms with van der Waals surface area (Å²) >= 11 is 1.91. The van der Waals surface area contributed by atoms with Crippen LogP contribution in [0.15, 0.2) is 152 Å². The first-order valence-electron chi connectivity index (χ1n) is 16.3. The van der Waals surface area contributed by atoms with Gasteiger partial charge in [-0.2, -0.15) is 0 Å². The van der Waals surface area contributed by atoms with Gasteiger partial charge in [0.1, 0.15) is 0 Å². The summed E-state index contributed by atoms with van der Waals surface area (Å²) in [6.07, 6.45) is 0.986. The number of thiophene rings is 1. The smallest absolute Gasteiger partial charge is 0.0541 e. The van der Waals surface area contributed by atoms with Crippen molar-refractivity contribution in [2.75, 3.05) is 0 Å². The molecule has 0 radical (unpaired) electrons. The van der Waals surface area contributed by atoms with Crippen LogP contribution in [0.3, 0.4) is 0 Å². The first-order chi connectivity index (χ1) is 23.3. The highest BCUT2D eigenvalue weighted by Gasteiger charge is 2.19. The van der Waals surface area contributed by atoms with E-state index >= 15 is 0 Å². The highest BCUT2D eigenvalue weighted by atomic mass is 32.1. The van der Waals surface area contributed by atoms with Gasteiger partial charge in [0.15, 0.2) is 0 Å². The molecule has 3 aromatic heterocycles. The lowest BCUT2D eigenvalue weighted by molar-refractivity contribution is 1.14. The van der Waals surface area contributed by atoms with Gasteiger partial charge < -0.3 is 9.13 Å². The molecule has 7 aromatic carbocycles. The molecule has 0 N–H and O–H groups in total. The predicted octanol–water partition coefficient (Wildman–Crippen LogP) is 12.5. The maximum absolute atomic E-state index is 2.46. The number of aromatic nitrogens is 2. The molecule has 0 spiro atoms. The summed E-state index contributed by atoms with van der Waals surface area (Å²) in [5, 5.41) is 7.72. The molecule has 0 unspecified atom stereocenters. The lowest BCUT2D eigenvalue weighted by Gasteiger charge is -2.14. The molecule has 222 valence electrons. The Bertz CT molecular complexity index is 2740. The monoisotopic (exact) mass is 618 g/mol. The van der Waals surface area contributed by atoms with Crippen molar-refractivity contribution < 1.29 is 0 Å². The van der Waals surface area contributed by atoms with E-state index in [4.69, 9.17) is 0 Å². The lowest BCUT2D eigenvalue weighted by Crippen LogP contribution is -1.96. The molecular weight excluding hydrogens is 589 g/mol. The first-order valence-corrected chi connectivity index (χ1v) is 17.2. The molecule has 47 heavy (non-hydrogen) atoms. The quantitative estimate of drug-likeness (QED) is 0.186. The van der Waals surface area contributed by atoms with Crippen molar-refractivity contribution in [2.45, 2.75) is 13.3 Å². The average molecular weight is 619 g/mol. The highest BCUT2D eigenvalue weighted by molar-refractivity contribution is 7.26. The van der Waals surface area contributed by atoms with Crippen LogP contribution in [0.25, 0.3) is 86.3 Å². The van der Waals surface area contributed by atoms with Crippen LogP contribution in [0.4, 0.5) is 0 Å². The Morgan fingerprint density at radius 3 is 1.49 bits per heavy atom. The SMILES string of the molecule is CCc1ccccc1-c1cc(-n2c3ccccc3c3ccccc32)cc2c1sc1ccc(-n3c4ccccc4c4ccccc43)cc12. The van der Waals surface area contributed by atoms with Crippen LogP contribution in [0.5, 0.6) is 0 Å². The largest absolute Gasteiger partial charge is 0.309 e. The van der Waals surface area contributed by atoms with E-state index in [0.29, 0.717) is 0 Å². The third-order valence-electron chi connectivity index (χ3n) is 9.90. The molecule has 0 fully saturated rings. The molecule has 3 heteroatoms. The molecule has 10 aromatic rings. The third-order valence-corrected chi connectivity index (χ3v) is 11.1. The molecule has 0 aliphatic heterocycles. The van der Waals surface area contributed by atoms with Gasteiger partial charge >= 0.3 is 0 Å². The minimum Gasteiger partial charge on any atom is -0.309 e. The van der Waals surface area contributed by atoms with Crippen molar-refractivity contribution >= 4 is 75.1 Å². The highest BCUT2D eigenvalue weighted by Crippen LogP contribution is 2.45. The number of para-hydroxylation sites is 4. The van der Waals surface area contributed by atoms with Crippen LogP contribution in [-0.4, -0.2) is 9.13 Å². The Morgan fingerprint density at radius 2 is 0.915 bits per heavy atom. The minimum absolute atomic E-state index is 0.986. The van der Waals surface area contributed by atoms with E-state index in [-0.39, 0.29) is 0 Å². The van der Waals surface area contributed by atoms with Crippen LogP contribution >= 0.6 is 11.3 Å². The lowest BCUT2D eigenvalue weighted by atomic mass is 9.96. The van der Waals surface area contributed by atoms with E-state index in [9.17, 15) is 0 Å². The molecule has 0 aliphatic rings. The van der Waals surface area contributed by atoms with Crippen molar-refractivity contribution in [1.29, 1.82) is 0 Å². The summed E-state index contributed by atoms with van der Waals surface area (Å²) in [6, 6.07) is 56.0. The van der Waals surface area contributed by atoms with E-state index < -0.39 is 0 Å². The molecule has 0 saturated heterocycles. The van der Waals surface area contributed by atoms with E-state index in [0.717, 1.165) is 6.42 Å². The van der Waals surface area contributed by atoms with Crippen molar-refractivity contribution in [1.82, 2.24) is 9.13 Å². The molecule has 10 rings (SSSR count). The number of aryl methyl sites for hydroxylation is 1. The number of benzene rings is 7. The number of hydrogen-bond donors (Lipinski definition) is 0. The van der Waals surface area contributed by atoms with Gasteiger partial charge in [0.25, 0.3) is 0 Å². The molecule has 0 saturated carbocycles. The van der Waals surface area contributed by atoms with Crippen molar-refractivity contribution in [3.05, 3.63) is 157 Å². The second kappa shape index (κ2) is 10.2. The molecule has 0 aliphatic carbocycles. The maximum atomic E-state index is 2.46. The van der Waals surface area contributed by atoms with E-state index in [1.165, 1.54) is 91.8 Å². The fourth-order valence-electron chi connectivity index (χ4n) is 7.81. The second-order valence-electron chi connectivity index (χ2n) is 12.4. The number of rotatable bonds is 4. The zero-order valence-electron chi connectivity index (χ0n) is 25.9. The normalized spacial score (nSPS) is 12.0. The molecule has 0 atom stereocenters. The van der Waals surface area contributed by atoms with E-state index in [2.05, 4.69) is 168 Å². The average Bonchev–Trinajstić information content (AvgIpc) is 3.79. The van der Waals surface area contributed by atoms with Gasteiger partial charge in [0.2, 0.25) is 0 Å². The number of fused-ring (bicyclic) bond motifs is 9. The Kier molecular flexibility index (Phi) is 5.76. The summed E-state index contributed by atoms with van der Waals surface area (Å²) in [5.74, 6) is 0. The minimum atomic E-state index is 0.986. The van der Waals surface area contributed by atoms with Gasteiger partial charge in [-0.25, -0.2) is 0 Å². The van der Waals surface area contributed by atoms with Gasteiger partial charge in [-0.1, -0.05) is 104 Å². The molecule has 0 bridgehead atoms. The molecular formula is C44H30N2S. The standard InChI is InChI=1S/C44H30N2S/c1-2-28-13-3-4-14-31(28)37-26-30(46-41-21-11-7-17-34(41)35-18-8-12-22-42(35)46)27-38-36-25-29(23-24-43(36)47-44(37)38)45-39-19-9-5-15-32(39)33-16-6-10-20-40(33)45/h3-27H,2H2,1H3. The second-order valence-corrected chi connectivity index (χ2v) is 13.5. The van der Waals surface area contributed by atoms with Crippen LogP contribution in [0.2, 0.25) is 0 Å². The van der Waals surface area contributed by atoms with Crippen molar-refractivity contribution in [3.63, 3.8) is 0 Å². The number of nitrogens with zero attached hydrogens (tertiary/aromatic N) is 2. The van der Waals surface area contributed by atoms with Gasteiger partial charge in [-0.15, -0.1) is 11.3 Å². The summed E-state index contributed by atoms with van der Waals surface area (Å²) in [4.78, 5) is 0. The Morgan fingerprint density at radius 1 is 0.426 bits per heavy atom. The summed E-state index contributed by atoms with van der Waals surface area (Å²) < 4.78 is 7.53. The Hall–Kier alpha value is -5.64. The van der Waals surface area contributed by atoms with Crippen molar-refractivity contribution in [2.24, 2.45) is 0 Å². The molecule has 0 amide bonds. The fourth-order valence-corrected chi connectivity index (χ4v) is 9.00. The first kappa shape index (κ1) is 26.6. The van der Waals surface area contributed by atoms with Gasteiger partial charge in [0.05, 0.1) is 22.1 Å². The zero-order chi connectivity index (χ0) is 31.1. The topological polar surface area (TPSA) is 9.86 Å². The van der Waals surface area contributed by atoms with Crippen LogP contribution in [0.1, 0.15) is 12.5 Å². The molecule has 2 nitrogen and oxygen atoms in total. The third kappa shape index (κ3) is 3.84. The van der Waals surface area contributed by atoms with Gasteiger partial charge in [-0.3, -0.25) is 0 Å². The van der Waals surface area contributed by atoms with Gasteiger partial charge in [-0.05, 0) is 72.1 Å². The summed E-state index contributed by atoms with van der Waals surface area (Å²) in [7, 11) is 0.